The Bertz CT molecular complexity index is 367. The predicted molar refractivity (Wildman–Crippen MR) is 58.7 cm³/mol. The molecule has 0 aliphatic rings. The Morgan fingerprint density at radius 1 is 1.56 bits per heavy atom. The molecule has 0 aromatic carbocycles. The van der Waals surface area contributed by atoms with Crippen LogP contribution in [0.3, 0.4) is 0 Å². The van der Waals surface area contributed by atoms with Crippen molar-refractivity contribution in [3.05, 3.63) is 11.7 Å². The second kappa shape index (κ2) is 4.61. The van der Waals surface area contributed by atoms with Gasteiger partial charge in [-0.25, -0.2) is 0 Å². The van der Waals surface area contributed by atoms with Gasteiger partial charge in [-0.05, 0) is 12.3 Å². The molecule has 1 unspecified atom stereocenters. The standard InChI is InChI=1S/C10H18N4O2/c1-5-12-8(15)7-13-9(16-14-7)6(11)10(2,3)4/h6H,5,11H2,1-4H3,(H,12,15). The molecule has 3 N–H and O–H groups in total. The van der Waals surface area contributed by atoms with Gasteiger partial charge in [0.2, 0.25) is 5.89 Å². The maximum atomic E-state index is 11.4. The van der Waals surface area contributed by atoms with Gasteiger partial charge in [0.1, 0.15) is 0 Å². The van der Waals surface area contributed by atoms with E-state index in [1.165, 1.54) is 0 Å². The van der Waals surface area contributed by atoms with E-state index in [-0.39, 0.29) is 29.1 Å². The van der Waals surface area contributed by atoms with Crippen LogP contribution in [-0.4, -0.2) is 22.6 Å². The van der Waals surface area contributed by atoms with Gasteiger partial charge < -0.3 is 15.6 Å². The summed E-state index contributed by atoms with van der Waals surface area (Å²) in [5.41, 5.74) is 5.74. The average Bonchev–Trinajstić information content (AvgIpc) is 2.64. The predicted octanol–water partition coefficient (Wildman–Crippen LogP) is 0.865. The van der Waals surface area contributed by atoms with Crippen molar-refractivity contribution in [2.75, 3.05) is 6.54 Å². The molecule has 1 aromatic heterocycles. The highest BCUT2D eigenvalue weighted by molar-refractivity contribution is 5.90. The molecule has 1 heterocycles. The summed E-state index contributed by atoms with van der Waals surface area (Å²) in [4.78, 5) is 15.4. The molecule has 0 radical (unpaired) electrons. The first kappa shape index (κ1) is 12.6. The van der Waals surface area contributed by atoms with Gasteiger partial charge in [-0.3, -0.25) is 4.79 Å². The fraction of sp³-hybridized carbons (Fsp3) is 0.700. The lowest BCUT2D eigenvalue weighted by Crippen LogP contribution is -2.27. The van der Waals surface area contributed by atoms with Gasteiger partial charge >= 0.3 is 0 Å². The van der Waals surface area contributed by atoms with Crippen LogP contribution in [0.4, 0.5) is 0 Å². The number of nitrogens with two attached hydrogens (primary N) is 1. The molecule has 1 rings (SSSR count). The van der Waals surface area contributed by atoms with Crippen molar-refractivity contribution >= 4 is 5.91 Å². The fourth-order valence-corrected chi connectivity index (χ4v) is 1.06. The van der Waals surface area contributed by atoms with Gasteiger partial charge in [-0.2, -0.15) is 4.98 Å². The Morgan fingerprint density at radius 2 is 2.19 bits per heavy atom. The molecule has 0 aliphatic heterocycles. The molecule has 0 bridgehead atoms. The van der Waals surface area contributed by atoms with E-state index >= 15 is 0 Å². The number of hydrogen-bond donors (Lipinski definition) is 2. The maximum Gasteiger partial charge on any atom is 0.292 e. The maximum absolute atomic E-state index is 11.4. The molecule has 16 heavy (non-hydrogen) atoms. The summed E-state index contributed by atoms with van der Waals surface area (Å²) in [5.74, 6) is -0.0380. The first-order valence-electron chi connectivity index (χ1n) is 5.23. The number of nitrogens with one attached hydrogen (secondary N) is 1. The molecule has 90 valence electrons. The van der Waals surface area contributed by atoms with Crippen LogP contribution in [0, 0.1) is 5.41 Å². The highest BCUT2D eigenvalue weighted by Crippen LogP contribution is 2.28. The Morgan fingerprint density at radius 3 is 2.69 bits per heavy atom. The molecule has 0 aliphatic carbocycles. The van der Waals surface area contributed by atoms with Crippen molar-refractivity contribution in [3.63, 3.8) is 0 Å². The number of carbonyl (C=O) groups excluding carboxylic acids is 1. The van der Waals surface area contributed by atoms with E-state index in [2.05, 4.69) is 15.5 Å². The van der Waals surface area contributed by atoms with Gasteiger partial charge in [0, 0.05) is 6.54 Å². The molecule has 0 saturated heterocycles. The molecule has 0 spiro atoms. The third-order valence-electron chi connectivity index (χ3n) is 2.18. The number of hydrogen-bond acceptors (Lipinski definition) is 5. The topological polar surface area (TPSA) is 94.0 Å². The second-order valence-corrected chi connectivity index (χ2v) is 4.66. The van der Waals surface area contributed by atoms with E-state index in [0.717, 1.165) is 0 Å². The zero-order valence-corrected chi connectivity index (χ0v) is 10.1. The lowest BCUT2D eigenvalue weighted by Gasteiger charge is -2.23. The molecular weight excluding hydrogens is 208 g/mol. The first-order chi connectivity index (χ1) is 7.36. The summed E-state index contributed by atoms with van der Waals surface area (Å²) in [6.45, 7) is 8.24. The van der Waals surface area contributed by atoms with Crippen molar-refractivity contribution in [1.29, 1.82) is 0 Å². The number of rotatable bonds is 3. The van der Waals surface area contributed by atoms with Crippen LogP contribution in [0.5, 0.6) is 0 Å². The van der Waals surface area contributed by atoms with Crippen molar-refractivity contribution in [1.82, 2.24) is 15.5 Å². The fourth-order valence-electron chi connectivity index (χ4n) is 1.06. The summed E-state index contributed by atoms with van der Waals surface area (Å²) < 4.78 is 4.97. The Kier molecular flexibility index (Phi) is 3.64. The van der Waals surface area contributed by atoms with E-state index in [1.54, 1.807) is 0 Å². The zero-order valence-electron chi connectivity index (χ0n) is 10.1. The van der Waals surface area contributed by atoms with Gasteiger partial charge in [-0.15, -0.1) is 0 Å². The van der Waals surface area contributed by atoms with E-state index in [0.29, 0.717) is 6.54 Å². The van der Waals surface area contributed by atoms with Gasteiger partial charge in [0.05, 0.1) is 6.04 Å². The molecule has 0 fully saturated rings. The van der Waals surface area contributed by atoms with Gasteiger partial charge in [-0.1, -0.05) is 25.9 Å². The highest BCUT2D eigenvalue weighted by atomic mass is 16.5. The summed E-state index contributed by atoms with van der Waals surface area (Å²) in [6, 6.07) is -0.386. The minimum absolute atomic E-state index is 0.0246. The highest BCUT2D eigenvalue weighted by Gasteiger charge is 2.28. The van der Waals surface area contributed by atoms with Crippen LogP contribution in [0.25, 0.3) is 0 Å². The van der Waals surface area contributed by atoms with E-state index < -0.39 is 0 Å². The molecular formula is C10H18N4O2. The van der Waals surface area contributed by atoms with E-state index in [4.69, 9.17) is 10.3 Å². The summed E-state index contributed by atoms with van der Waals surface area (Å²) in [5, 5.41) is 6.18. The minimum Gasteiger partial charge on any atom is -0.349 e. The van der Waals surface area contributed by atoms with Crippen LogP contribution in [0.15, 0.2) is 4.52 Å². The SMILES string of the molecule is CCNC(=O)c1noc(C(N)C(C)(C)C)n1. The normalized spacial score (nSPS) is 13.6. The van der Waals surface area contributed by atoms with Crippen LogP contribution in [0.1, 0.15) is 50.2 Å². The molecule has 1 amide bonds. The van der Waals surface area contributed by atoms with Crippen molar-refractivity contribution in [2.24, 2.45) is 11.1 Å². The zero-order chi connectivity index (χ0) is 12.3. The number of amides is 1. The minimum atomic E-state index is -0.386. The monoisotopic (exact) mass is 226 g/mol. The number of carbonyl (C=O) groups is 1. The number of aromatic nitrogens is 2. The molecule has 6 heteroatoms. The van der Waals surface area contributed by atoms with Gasteiger partial charge in [0.25, 0.3) is 11.7 Å². The lowest BCUT2D eigenvalue weighted by molar-refractivity contribution is 0.0942. The molecule has 0 saturated carbocycles. The van der Waals surface area contributed by atoms with Crippen molar-refractivity contribution < 1.29 is 9.32 Å². The smallest absolute Gasteiger partial charge is 0.292 e. The summed E-state index contributed by atoms with van der Waals surface area (Å²) in [6.07, 6.45) is 0. The third kappa shape index (κ3) is 2.79. The molecule has 6 nitrogen and oxygen atoms in total. The van der Waals surface area contributed by atoms with Crippen LogP contribution >= 0.6 is 0 Å². The van der Waals surface area contributed by atoms with Crippen LogP contribution in [0.2, 0.25) is 0 Å². The lowest BCUT2D eigenvalue weighted by atomic mass is 9.87. The Hall–Kier alpha value is -1.43. The van der Waals surface area contributed by atoms with E-state index in [9.17, 15) is 4.79 Å². The average molecular weight is 226 g/mol. The summed E-state index contributed by atoms with van der Waals surface area (Å²) in [7, 11) is 0. The first-order valence-corrected chi connectivity index (χ1v) is 5.23. The number of nitrogens with zero attached hydrogens (tertiary/aromatic N) is 2. The Labute approximate surface area is 94.6 Å². The van der Waals surface area contributed by atoms with Crippen LogP contribution in [-0.2, 0) is 0 Å². The molecule has 1 aromatic rings. The van der Waals surface area contributed by atoms with Crippen molar-refractivity contribution in [3.8, 4) is 0 Å². The van der Waals surface area contributed by atoms with E-state index in [1.807, 2.05) is 27.7 Å². The quantitative estimate of drug-likeness (QED) is 0.797. The largest absolute Gasteiger partial charge is 0.349 e. The van der Waals surface area contributed by atoms with Crippen molar-refractivity contribution in [2.45, 2.75) is 33.7 Å². The Balaban J connectivity index is 2.83. The third-order valence-corrected chi connectivity index (χ3v) is 2.18. The molecule has 1 atom stereocenters. The van der Waals surface area contributed by atoms with Crippen LogP contribution < -0.4 is 11.1 Å². The van der Waals surface area contributed by atoms with Gasteiger partial charge in [0.15, 0.2) is 0 Å². The summed E-state index contributed by atoms with van der Waals surface area (Å²) >= 11 is 0. The second-order valence-electron chi connectivity index (χ2n) is 4.66.